The van der Waals surface area contributed by atoms with E-state index in [1.165, 1.54) is 287 Å². The van der Waals surface area contributed by atoms with Gasteiger partial charge in [0, 0.05) is 0 Å². The molecule has 0 bridgehead atoms. The first-order valence-corrected chi connectivity index (χ1v) is 24.1. The van der Waals surface area contributed by atoms with Crippen LogP contribution in [0.25, 0.3) is 0 Å². The van der Waals surface area contributed by atoms with E-state index in [4.69, 9.17) is 0 Å². The third-order valence-electron chi connectivity index (χ3n) is 11.9. The average Bonchev–Trinajstić information content (AvgIpc) is 3.11. The molecular weight excluding hydrogens is 717 g/mol. The van der Waals surface area contributed by atoms with E-state index in [0.29, 0.717) is 0 Å². The zero-order chi connectivity index (χ0) is 35.6. The summed E-state index contributed by atoms with van der Waals surface area (Å²) in [5.41, 5.74) is 0. The van der Waals surface area contributed by atoms with Crippen LogP contribution in [-0.2, 0) is 0 Å². The highest BCUT2D eigenvalue weighted by atomic mass is 127. The van der Waals surface area contributed by atoms with Crippen LogP contribution in [0.2, 0.25) is 0 Å². The Hall–Kier alpha value is 0.690. The lowest BCUT2D eigenvalue weighted by Gasteiger charge is -2.40. The number of unbranched alkanes of at least 4 members (excludes halogenated alkanes) is 36. The summed E-state index contributed by atoms with van der Waals surface area (Å²) in [5.74, 6) is 0. The lowest BCUT2D eigenvalue weighted by atomic mass is 10.0. The Morgan fingerprint density at radius 3 is 0.440 bits per heavy atom. The lowest BCUT2D eigenvalue weighted by Crippen LogP contribution is -3.00. The van der Waals surface area contributed by atoms with Crippen LogP contribution in [-0.4, -0.2) is 30.7 Å². The Morgan fingerprint density at radius 2 is 0.300 bits per heavy atom. The van der Waals surface area contributed by atoms with Gasteiger partial charge in [-0.05, 0) is 51.4 Å². The highest BCUT2D eigenvalue weighted by molar-refractivity contribution is 4.56. The van der Waals surface area contributed by atoms with Gasteiger partial charge in [-0.25, -0.2) is 0 Å². The number of rotatable bonds is 44. The minimum Gasteiger partial charge on any atom is -1.00 e. The maximum Gasteiger partial charge on any atom is 0.0786 e. The molecule has 0 spiro atoms. The van der Waals surface area contributed by atoms with Crippen LogP contribution in [0.3, 0.4) is 0 Å². The number of nitrogens with zero attached hydrogens (tertiary/aromatic N) is 1. The maximum atomic E-state index is 2.34. The van der Waals surface area contributed by atoms with Gasteiger partial charge >= 0.3 is 0 Å². The first kappa shape index (κ1) is 52.8. The van der Waals surface area contributed by atoms with Crippen LogP contribution in [0.1, 0.15) is 285 Å². The molecule has 0 saturated carbocycles. The summed E-state index contributed by atoms with van der Waals surface area (Å²) < 4.78 is 1.49. The highest BCUT2D eigenvalue weighted by Gasteiger charge is 2.25. The van der Waals surface area contributed by atoms with Crippen LogP contribution >= 0.6 is 0 Å². The van der Waals surface area contributed by atoms with E-state index < -0.39 is 0 Å². The van der Waals surface area contributed by atoms with Crippen molar-refractivity contribution in [2.24, 2.45) is 0 Å². The van der Waals surface area contributed by atoms with Gasteiger partial charge in [0.2, 0.25) is 0 Å². The summed E-state index contributed by atoms with van der Waals surface area (Å²) in [4.78, 5) is 0. The molecule has 0 atom stereocenters. The molecule has 0 fully saturated rings. The predicted molar refractivity (Wildman–Crippen MR) is 227 cm³/mol. The smallest absolute Gasteiger partial charge is 0.0786 e. The average molecular weight is 818 g/mol. The fourth-order valence-electron chi connectivity index (χ4n) is 8.41. The number of hydrogen-bond donors (Lipinski definition) is 0. The molecule has 0 heterocycles. The van der Waals surface area contributed by atoms with Crippen LogP contribution in [0.15, 0.2) is 0 Å². The van der Waals surface area contributed by atoms with Crippen LogP contribution in [0, 0.1) is 0 Å². The topological polar surface area (TPSA) is 0 Å². The summed E-state index contributed by atoms with van der Waals surface area (Å²) in [5, 5.41) is 0. The fourth-order valence-corrected chi connectivity index (χ4v) is 8.41. The van der Waals surface area contributed by atoms with Crippen LogP contribution < -0.4 is 24.0 Å². The van der Waals surface area contributed by atoms with Gasteiger partial charge in [0.25, 0.3) is 0 Å². The van der Waals surface area contributed by atoms with Crippen molar-refractivity contribution in [3.05, 3.63) is 0 Å². The molecule has 2 heteroatoms. The first-order chi connectivity index (χ1) is 24.2. The van der Waals surface area contributed by atoms with Crippen LogP contribution in [0.5, 0.6) is 0 Å². The standard InChI is InChI=1S/C48H100N.HI/c1-5-9-13-17-21-25-29-33-37-41-45-49(46-42-38-34-30-26-22-18-14-10-6-2,47-43-39-35-31-27-23-19-15-11-7-3)48-44-40-36-32-28-24-20-16-12-8-4;/h5-48H2,1-4H3;1H/q+1;/p-1. The molecule has 0 aliphatic rings. The van der Waals surface area contributed by atoms with E-state index in [2.05, 4.69) is 27.7 Å². The van der Waals surface area contributed by atoms with Gasteiger partial charge in [0.1, 0.15) is 0 Å². The largest absolute Gasteiger partial charge is 1.00 e. The highest BCUT2D eigenvalue weighted by Crippen LogP contribution is 2.22. The summed E-state index contributed by atoms with van der Waals surface area (Å²) in [6.07, 6.45) is 58.7. The number of hydrogen-bond acceptors (Lipinski definition) is 0. The summed E-state index contributed by atoms with van der Waals surface area (Å²) >= 11 is 0. The van der Waals surface area contributed by atoms with Gasteiger partial charge in [-0.3, -0.25) is 0 Å². The molecule has 0 aromatic carbocycles. The van der Waals surface area contributed by atoms with Gasteiger partial charge in [-0.1, -0.05) is 233 Å². The van der Waals surface area contributed by atoms with Crippen molar-refractivity contribution in [3.63, 3.8) is 0 Å². The molecule has 1 nitrogen and oxygen atoms in total. The summed E-state index contributed by atoms with van der Waals surface area (Å²) in [7, 11) is 0. The van der Waals surface area contributed by atoms with Crippen molar-refractivity contribution >= 4 is 0 Å². The van der Waals surface area contributed by atoms with E-state index in [0.717, 1.165) is 0 Å². The lowest BCUT2D eigenvalue weighted by molar-refractivity contribution is -0.929. The Labute approximate surface area is 337 Å². The van der Waals surface area contributed by atoms with Crippen molar-refractivity contribution in [2.75, 3.05) is 26.2 Å². The second kappa shape index (κ2) is 45.8. The minimum atomic E-state index is 0. The van der Waals surface area contributed by atoms with Gasteiger partial charge in [0.15, 0.2) is 0 Å². The second-order valence-electron chi connectivity index (χ2n) is 17.0. The third-order valence-corrected chi connectivity index (χ3v) is 11.9. The number of quaternary nitrogens is 1. The molecular formula is C48H100IN. The fraction of sp³-hybridized carbons (Fsp3) is 1.00. The summed E-state index contributed by atoms with van der Waals surface area (Å²) in [6.45, 7) is 15.3. The summed E-state index contributed by atoms with van der Waals surface area (Å²) in [6, 6.07) is 0. The molecule has 50 heavy (non-hydrogen) atoms. The Morgan fingerprint density at radius 1 is 0.180 bits per heavy atom. The Bertz CT molecular complexity index is 475. The monoisotopic (exact) mass is 818 g/mol. The zero-order valence-electron chi connectivity index (χ0n) is 35.9. The quantitative estimate of drug-likeness (QED) is 0.0326. The predicted octanol–water partition coefficient (Wildman–Crippen LogP) is 14.5. The van der Waals surface area contributed by atoms with Gasteiger partial charge in [-0.15, -0.1) is 0 Å². The minimum absolute atomic E-state index is 0. The van der Waals surface area contributed by atoms with Crippen molar-refractivity contribution in [3.8, 4) is 0 Å². The molecule has 0 saturated heterocycles. The molecule has 0 N–H and O–H groups in total. The van der Waals surface area contributed by atoms with Gasteiger partial charge < -0.3 is 28.5 Å². The first-order valence-electron chi connectivity index (χ1n) is 24.1. The van der Waals surface area contributed by atoms with E-state index >= 15 is 0 Å². The molecule has 0 aliphatic carbocycles. The van der Waals surface area contributed by atoms with Crippen LogP contribution in [0.4, 0.5) is 0 Å². The van der Waals surface area contributed by atoms with E-state index in [9.17, 15) is 0 Å². The SMILES string of the molecule is CCCCCCCCCCCC[N+](CCCCCCCCCCCC)(CCCCCCCCCCCC)CCCCCCCCCCCC.[I-]. The zero-order valence-corrected chi connectivity index (χ0v) is 38.1. The molecule has 0 aliphatic heterocycles. The van der Waals surface area contributed by atoms with Gasteiger partial charge in [-0.2, -0.15) is 0 Å². The molecule has 0 amide bonds. The van der Waals surface area contributed by atoms with E-state index in [1.54, 1.807) is 0 Å². The Kier molecular flexibility index (Phi) is 48.4. The molecule has 0 aromatic heterocycles. The molecule has 304 valence electrons. The van der Waals surface area contributed by atoms with Crippen molar-refractivity contribution in [1.29, 1.82) is 0 Å². The molecule has 0 radical (unpaired) electrons. The normalized spacial score (nSPS) is 11.8. The third kappa shape index (κ3) is 39.9. The van der Waals surface area contributed by atoms with E-state index in [1.807, 2.05) is 0 Å². The van der Waals surface area contributed by atoms with Crippen molar-refractivity contribution in [2.45, 2.75) is 285 Å². The number of halogens is 1. The van der Waals surface area contributed by atoms with Crippen molar-refractivity contribution in [1.82, 2.24) is 0 Å². The van der Waals surface area contributed by atoms with Gasteiger partial charge in [0.05, 0.1) is 26.2 Å². The van der Waals surface area contributed by atoms with E-state index in [-0.39, 0.29) is 24.0 Å². The maximum absolute atomic E-state index is 2.34. The molecule has 0 unspecified atom stereocenters. The molecule has 0 aromatic rings. The molecule has 0 rings (SSSR count). The Balaban J connectivity index is 0. The second-order valence-corrected chi connectivity index (χ2v) is 17.0. The van der Waals surface area contributed by atoms with Crippen molar-refractivity contribution < 1.29 is 28.5 Å².